The Balaban J connectivity index is 1.40. The Bertz CT molecular complexity index is 1440. The third-order valence-electron chi connectivity index (χ3n) is 6.46. The van der Waals surface area contributed by atoms with Crippen molar-refractivity contribution in [2.24, 2.45) is 5.92 Å². The number of benzene rings is 1. The number of rotatable bonds is 5. The topological polar surface area (TPSA) is 100 Å². The number of hydrogen-bond donors (Lipinski definition) is 2. The van der Waals surface area contributed by atoms with Crippen LogP contribution in [0.5, 0.6) is 0 Å². The van der Waals surface area contributed by atoms with E-state index in [-0.39, 0.29) is 23.4 Å². The predicted molar refractivity (Wildman–Crippen MR) is 122 cm³/mol. The highest BCUT2D eigenvalue weighted by Crippen LogP contribution is 2.43. The van der Waals surface area contributed by atoms with Gasteiger partial charge in [0.05, 0.1) is 46.8 Å². The summed E-state index contributed by atoms with van der Waals surface area (Å²) < 4.78 is 35.8. The number of carbonyl (C=O) groups is 1. The first-order valence-electron chi connectivity index (χ1n) is 10.9. The first kappa shape index (κ1) is 21.2. The van der Waals surface area contributed by atoms with E-state index in [0.717, 1.165) is 6.42 Å². The van der Waals surface area contributed by atoms with E-state index in [0.29, 0.717) is 46.6 Å². The van der Waals surface area contributed by atoms with Gasteiger partial charge in [-0.1, -0.05) is 11.6 Å². The number of aromatic amines is 1. The Morgan fingerprint density at radius 1 is 1.35 bits per heavy atom. The summed E-state index contributed by atoms with van der Waals surface area (Å²) in [5, 5.41) is 10.2. The largest absolute Gasteiger partial charge is 0.380 e. The van der Waals surface area contributed by atoms with Gasteiger partial charge in [-0.2, -0.15) is 5.10 Å². The molecule has 1 saturated carbocycles. The van der Waals surface area contributed by atoms with Crippen LogP contribution in [0.25, 0.3) is 27.8 Å². The second-order valence-corrected chi connectivity index (χ2v) is 8.99. The zero-order chi connectivity index (χ0) is 23.6. The lowest BCUT2D eigenvalue weighted by Gasteiger charge is -2.21. The summed E-state index contributed by atoms with van der Waals surface area (Å²) in [4.78, 5) is 22.7. The lowest BCUT2D eigenvalue weighted by Crippen LogP contribution is -2.23. The first-order chi connectivity index (χ1) is 16.4. The molecule has 1 saturated heterocycles. The van der Waals surface area contributed by atoms with E-state index in [1.165, 1.54) is 6.20 Å². The highest BCUT2D eigenvalue weighted by atomic mass is 35.5. The number of halogens is 3. The van der Waals surface area contributed by atoms with Crippen molar-refractivity contribution >= 4 is 45.6 Å². The summed E-state index contributed by atoms with van der Waals surface area (Å²) in [5.41, 5.74) is 2.16. The molecule has 1 amide bonds. The predicted octanol–water partition coefficient (Wildman–Crippen LogP) is 3.59. The Hall–Kier alpha value is -3.31. The molecule has 176 valence electrons. The molecule has 0 bridgehead atoms. The van der Waals surface area contributed by atoms with Crippen molar-refractivity contribution in [3.8, 4) is 11.3 Å². The van der Waals surface area contributed by atoms with Crippen molar-refractivity contribution in [1.82, 2.24) is 24.6 Å². The van der Waals surface area contributed by atoms with Crippen LogP contribution in [-0.2, 0) is 9.53 Å². The van der Waals surface area contributed by atoms with Crippen molar-refractivity contribution < 1.29 is 18.3 Å². The zero-order valence-corrected chi connectivity index (χ0v) is 18.8. The minimum Gasteiger partial charge on any atom is -0.380 e. The van der Waals surface area contributed by atoms with Crippen LogP contribution in [0.3, 0.4) is 0 Å². The number of ether oxygens (including phenoxy) is 1. The van der Waals surface area contributed by atoms with E-state index in [4.69, 9.17) is 16.3 Å². The molecule has 0 spiro atoms. The minimum atomic E-state index is -1.09. The molecule has 9 nitrogen and oxygen atoms in total. The van der Waals surface area contributed by atoms with Crippen LogP contribution < -0.4 is 10.2 Å². The van der Waals surface area contributed by atoms with Gasteiger partial charge in [0.2, 0.25) is 5.91 Å². The average Bonchev–Trinajstić information content (AvgIpc) is 3.23. The number of hydrogen-bond acceptors (Lipinski definition) is 6. The molecule has 2 aliphatic rings. The molecule has 1 aromatic carbocycles. The lowest BCUT2D eigenvalue weighted by atomic mass is 10.0. The van der Waals surface area contributed by atoms with Crippen LogP contribution in [0.15, 0.2) is 24.8 Å². The van der Waals surface area contributed by atoms with E-state index in [1.54, 1.807) is 30.1 Å². The molecule has 6 rings (SSSR count). The number of fused-ring (bicyclic) bond motifs is 2. The number of nitrogens with zero attached hydrogens (tertiary/aromatic N) is 5. The van der Waals surface area contributed by atoms with E-state index >= 15 is 4.39 Å². The number of aromatic nitrogens is 5. The molecule has 2 fully saturated rings. The SMILES string of the molecule is CO[C@H]1CCN(c2c(F)c(Cl)c(-c3cn4cc(NC(=O)C5CC5F)nc4cn3)c3cn[nH]c23)C1. The summed E-state index contributed by atoms with van der Waals surface area (Å²) in [6, 6.07) is 0. The molecule has 2 N–H and O–H groups in total. The van der Waals surface area contributed by atoms with Gasteiger partial charge < -0.3 is 19.4 Å². The van der Waals surface area contributed by atoms with Crippen LogP contribution in [0.2, 0.25) is 5.02 Å². The van der Waals surface area contributed by atoms with Gasteiger partial charge in [0.1, 0.15) is 11.9 Å². The van der Waals surface area contributed by atoms with E-state index in [2.05, 4.69) is 25.5 Å². The minimum absolute atomic E-state index is 0.0199. The number of imidazole rings is 1. The van der Waals surface area contributed by atoms with Crippen molar-refractivity contribution in [2.75, 3.05) is 30.4 Å². The van der Waals surface area contributed by atoms with Gasteiger partial charge in [-0.15, -0.1) is 0 Å². The third-order valence-corrected chi connectivity index (χ3v) is 6.81. The molecule has 1 aliphatic heterocycles. The number of anilines is 2. The van der Waals surface area contributed by atoms with Crippen molar-refractivity contribution in [3.05, 3.63) is 35.6 Å². The van der Waals surface area contributed by atoms with Gasteiger partial charge in [-0.3, -0.25) is 14.9 Å². The molecule has 0 radical (unpaired) electrons. The highest BCUT2D eigenvalue weighted by Gasteiger charge is 2.43. The number of nitrogens with one attached hydrogen (secondary N) is 2. The molecule has 4 aromatic rings. The summed E-state index contributed by atoms with van der Waals surface area (Å²) in [5.74, 6) is -1.30. The highest BCUT2D eigenvalue weighted by molar-refractivity contribution is 6.36. The molecule has 4 heterocycles. The molecule has 34 heavy (non-hydrogen) atoms. The molecule has 12 heteroatoms. The van der Waals surface area contributed by atoms with Crippen LogP contribution in [0.4, 0.5) is 20.3 Å². The second kappa shape index (κ2) is 7.88. The summed E-state index contributed by atoms with van der Waals surface area (Å²) in [6.45, 7) is 1.19. The standard InChI is InChI=1S/C22H20ClF2N7O2/c1-34-10-2-3-31(7-10)21-19(25)18(23)17(12-5-27-30-20(12)21)14-8-32-9-15(28-16(32)6-26-14)29-22(33)11-4-13(11)24/h5-6,8-11,13H,2-4,7H2,1H3,(H,27,30)(H,29,33)/t10-,11?,13?/m0/s1. The Morgan fingerprint density at radius 2 is 2.18 bits per heavy atom. The molecular formula is C22H20ClF2N7O2. The van der Waals surface area contributed by atoms with Crippen molar-refractivity contribution in [1.29, 1.82) is 0 Å². The first-order valence-corrected chi connectivity index (χ1v) is 11.2. The van der Waals surface area contributed by atoms with Crippen molar-refractivity contribution in [2.45, 2.75) is 25.1 Å². The van der Waals surface area contributed by atoms with E-state index < -0.39 is 23.8 Å². The molecule has 1 aliphatic carbocycles. The van der Waals surface area contributed by atoms with Gasteiger partial charge in [0.15, 0.2) is 17.3 Å². The fraction of sp³-hybridized carbons (Fsp3) is 0.364. The van der Waals surface area contributed by atoms with E-state index in [9.17, 15) is 9.18 Å². The Labute approximate surface area is 197 Å². The van der Waals surface area contributed by atoms with Crippen LogP contribution in [0.1, 0.15) is 12.8 Å². The summed E-state index contributed by atoms with van der Waals surface area (Å²) >= 11 is 6.57. The number of methoxy groups -OCH3 is 1. The number of carbonyl (C=O) groups excluding carboxylic acids is 1. The number of alkyl halides is 1. The Morgan fingerprint density at radius 3 is 2.91 bits per heavy atom. The van der Waals surface area contributed by atoms with Crippen LogP contribution >= 0.6 is 11.6 Å². The average molecular weight is 488 g/mol. The van der Waals surface area contributed by atoms with Gasteiger partial charge >= 0.3 is 0 Å². The smallest absolute Gasteiger partial charge is 0.231 e. The maximum Gasteiger partial charge on any atom is 0.231 e. The second-order valence-electron chi connectivity index (χ2n) is 8.61. The number of amides is 1. The quantitative estimate of drug-likeness (QED) is 0.446. The number of H-pyrrole nitrogens is 1. The van der Waals surface area contributed by atoms with Crippen LogP contribution in [-0.4, -0.2) is 62.9 Å². The van der Waals surface area contributed by atoms with Crippen LogP contribution in [0, 0.1) is 11.7 Å². The van der Waals surface area contributed by atoms with Gasteiger partial charge in [0.25, 0.3) is 0 Å². The molecule has 3 atom stereocenters. The summed E-state index contributed by atoms with van der Waals surface area (Å²) in [7, 11) is 1.64. The van der Waals surface area contributed by atoms with Gasteiger partial charge in [0, 0.05) is 37.3 Å². The van der Waals surface area contributed by atoms with Gasteiger partial charge in [-0.05, 0) is 12.8 Å². The maximum absolute atomic E-state index is 15.6. The van der Waals surface area contributed by atoms with Crippen molar-refractivity contribution in [3.63, 3.8) is 0 Å². The van der Waals surface area contributed by atoms with E-state index in [1.807, 2.05) is 4.90 Å². The fourth-order valence-corrected chi connectivity index (χ4v) is 4.80. The maximum atomic E-state index is 15.6. The summed E-state index contributed by atoms with van der Waals surface area (Å²) in [6.07, 6.45) is 6.28. The van der Waals surface area contributed by atoms with Gasteiger partial charge in [-0.25, -0.2) is 13.8 Å². The lowest BCUT2D eigenvalue weighted by molar-refractivity contribution is -0.117. The fourth-order valence-electron chi connectivity index (χ4n) is 4.51. The monoisotopic (exact) mass is 487 g/mol. The Kier molecular flexibility index (Phi) is 4.92. The third kappa shape index (κ3) is 3.38. The molecule has 3 aromatic heterocycles. The molecular weight excluding hydrogens is 468 g/mol. The normalized spacial score (nSPS) is 22.1. The zero-order valence-electron chi connectivity index (χ0n) is 18.1. The molecule has 2 unspecified atom stereocenters.